The predicted octanol–water partition coefficient (Wildman–Crippen LogP) is 3.73. The summed E-state index contributed by atoms with van der Waals surface area (Å²) in [6, 6.07) is 9.79. The van der Waals surface area contributed by atoms with Crippen molar-refractivity contribution in [3.8, 4) is 11.3 Å². The lowest BCUT2D eigenvalue weighted by atomic mass is 10.1. The molecule has 2 aromatic heterocycles. The Kier molecular flexibility index (Phi) is 5.49. The number of carbonyl (C=O) groups is 2. The van der Waals surface area contributed by atoms with E-state index in [4.69, 9.17) is 4.74 Å². The monoisotopic (exact) mass is 369 g/mol. The normalized spacial score (nSPS) is 10.8. The number of aryl methyl sites for hydroxylation is 1. The Labute approximate surface area is 156 Å². The van der Waals surface area contributed by atoms with Gasteiger partial charge in [0.15, 0.2) is 0 Å². The van der Waals surface area contributed by atoms with E-state index in [9.17, 15) is 14.0 Å². The number of pyridine rings is 1. The molecular weight excluding hydrogens is 349 g/mol. The van der Waals surface area contributed by atoms with Crippen LogP contribution in [0.3, 0.4) is 0 Å². The highest BCUT2D eigenvalue weighted by molar-refractivity contribution is 5.95. The average Bonchev–Trinajstić information content (AvgIpc) is 2.98. The van der Waals surface area contributed by atoms with Crippen molar-refractivity contribution in [3.63, 3.8) is 0 Å². The summed E-state index contributed by atoms with van der Waals surface area (Å²) in [5, 5.41) is 2.80. The fourth-order valence-corrected chi connectivity index (χ4v) is 2.75. The van der Waals surface area contributed by atoms with E-state index in [0.29, 0.717) is 22.7 Å². The summed E-state index contributed by atoms with van der Waals surface area (Å²) >= 11 is 0. The minimum absolute atomic E-state index is 0.00911. The largest absolute Gasteiger partial charge is 0.466 e. The van der Waals surface area contributed by atoms with Crippen LogP contribution >= 0.6 is 0 Å². The third-order valence-corrected chi connectivity index (χ3v) is 4.00. The lowest BCUT2D eigenvalue weighted by Crippen LogP contribution is -2.16. The molecule has 7 heteroatoms. The van der Waals surface area contributed by atoms with Crippen molar-refractivity contribution in [2.24, 2.45) is 0 Å². The number of fused-ring (bicyclic) bond motifs is 1. The molecule has 140 valence electrons. The van der Waals surface area contributed by atoms with Crippen molar-refractivity contribution in [2.45, 2.75) is 26.7 Å². The molecular formula is C20H20FN3O3. The molecule has 0 radical (unpaired) electrons. The van der Waals surface area contributed by atoms with Gasteiger partial charge < -0.3 is 10.1 Å². The van der Waals surface area contributed by atoms with E-state index in [-0.39, 0.29) is 31.2 Å². The number of ether oxygens (including phenoxy) is 1. The molecule has 0 fully saturated rings. The number of aromatic nitrogens is 2. The first-order chi connectivity index (χ1) is 13.0. The molecule has 0 spiro atoms. The second-order valence-corrected chi connectivity index (χ2v) is 6.10. The molecule has 1 N–H and O–H groups in total. The van der Waals surface area contributed by atoms with E-state index in [1.165, 1.54) is 12.1 Å². The summed E-state index contributed by atoms with van der Waals surface area (Å²) in [7, 11) is 0. The number of imidazole rings is 1. The number of nitrogens with one attached hydrogen (secondary N) is 1. The fraction of sp³-hybridized carbons (Fsp3) is 0.250. The Hall–Kier alpha value is -3.22. The van der Waals surface area contributed by atoms with Gasteiger partial charge in [-0.2, -0.15) is 0 Å². The molecule has 0 saturated carbocycles. The van der Waals surface area contributed by atoms with Gasteiger partial charge >= 0.3 is 5.97 Å². The van der Waals surface area contributed by atoms with Crippen molar-refractivity contribution < 1.29 is 18.7 Å². The highest BCUT2D eigenvalue weighted by Crippen LogP contribution is 2.29. The van der Waals surface area contributed by atoms with Crippen molar-refractivity contribution >= 4 is 23.3 Å². The van der Waals surface area contributed by atoms with Crippen molar-refractivity contribution in [1.29, 1.82) is 0 Å². The van der Waals surface area contributed by atoms with Gasteiger partial charge in [0.2, 0.25) is 5.91 Å². The highest BCUT2D eigenvalue weighted by Gasteiger charge is 2.17. The second-order valence-electron chi connectivity index (χ2n) is 6.10. The van der Waals surface area contributed by atoms with Crippen LogP contribution < -0.4 is 5.32 Å². The predicted molar refractivity (Wildman–Crippen MR) is 99.8 cm³/mol. The minimum atomic E-state index is -0.424. The summed E-state index contributed by atoms with van der Waals surface area (Å²) in [5.41, 5.74) is 2.66. The van der Waals surface area contributed by atoms with E-state index in [1.54, 1.807) is 29.7 Å². The topological polar surface area (TPSA) is 72.7 Å². The van der Waals surface area contributed by atoms with Crippen LogP contribution in [-0.2, 0) is 14.3 Å². The first kappa shape index (κ1) is 18.6. The Morgan fingerprint density at radius 1 is 1.22 bits per heavy atom. The van der Waals surface area contributed by atoms with Crippen molar-refractivity contribution in [3.05, 3.63) is 54.0 Å². The molecule has 1 aromatic carbocycles. The number of carbonyl (C=O) groups excluding carboxylic acids is 2. The van der Waals surface area contributed by atoms with Crippen LogP contribution in [0.1, 0.15) is 25.3 Å². The van der Waals surface area contributed by atoms with Crippen molar-refractivity contribution in [1.82, 2.24) is 9.38 Å². The molecule has 0 saturated heterocycles. The van der Waals surface area contributed by atoms with Gasteiger partial charge in [-0.25, -0.2) is 9.37 Å². The number of nitrogens with zero attached hydrogens (tertiary/aromatic N) is 2. The number of esters is 1. The maximum absolute atomic E-state index is 13.7. The van der Waals surface area contributed by atoms with E-state index >= 15 is 0 Å². The molecule has 0 atom stereocenters. The number of hydrogen-bond donors (Lipinski definition) is 1. The summed E-state index contributed by atoms with van der Waals surface area (Å²) in [4.78, 5) is 28.4. The Balaban J connectivity index is 1.94. The van der Waals surface area contributed by atoms with E-state index in [1.807, 2.05) is 19.1 Å². The van der Waals surface area contributed by atoms with Gasteiger partial charge in [-0.1, -0.05) is 12.1 Å². The zero-order chi connectivity index (χ0) is 19.4. The van der Waals surface area contributed by atoms with Crippen LogP contribution in [0.25, 0.3) is 16.9 Å². The van der Waals surface area contributed by atoms with Crippen LogP contribution in [0.5, 0.6) is 0 Å². The van der Waals surface area contributed by atoms with Gasteiger partial charge in [-0.15, -0.1) is 0 Å². The molecule has 3 rings (SSSR count). The fourth-order valence-electron chi connectivity index (χ4n) is 2.75. The van der Waals surface area contributed by atoms with Gasteiger partial charge in [0.05, 0.1) is 13.0 Å². The van der Waals surface area contributed by atoms with Crippen LogP contribution in [0.4, 0.5) is 10.2 Å². The van der Waals surface area contributed by atoms with Crippen LogP contribution in [0, 0.1) is 12.7 Å². The van der Waals surface area contributed by atoms with Gasteiger partial charge in [0.25, 0.3) is 0 Å². The van der Waals surface area contributed by atoms with Gasteiger partial charge in [-0.05, 0) is 43.7 Å². The first-order valence-corrected chi connectivity index (χ1v) is 8.68. The Morgan fingerprint density at radius 3 is 2.78 bits per heavy atom. The Morgan fingerprint density at radius 2 is 2.04 bits per heavy atom. The maximum Gasteiger partial charge on any atom is 0.306 e. The van der Waals surface area contributed by atoms with Crippen LogP contribution in [-0.4, -0.2) is 27.9 Å². The van der Waals surface area contributed by atoms with Gasteiger partial charge in [0, 0.05) is 18.2 Å². The summed E-state index contributed by atoms with van der Waals surface area (Å²) in [5.74, 6) is -0.723. The zero-order valence-electron chi connectivity index (χ0n) is 15.2. The maximum atomic E-state index is 13.7. The van der Waals surface area contributed by atoms with Gasteiger partial charge in [0.1, 0.15) is 23.0 Å². The standard InChI is InChI=1S/C20H20FN3O3/c1-3-27-18(26)8-7-17(25)23-20-19(14-5-4-6-15(21)12-14)22-16-11-13(2)9-10-24(16)20/h4-6,9-12H,3,7-8H2,1-2H3,(H,23,25). The lowest BCUT2D eigenvalue weighted by Gasteiger charge is -2.08. The number of halogens is 1. The van der Waals surface area contributed by atoms with Crippen LogP contribution in [0.2, 0.25) is 0 Å². The smallest absolute Gasteiger partial charge is 0.306 e. The minimum Gasteiger partial charge on any atom is -0.466 e. The van der Waals surface area contributed by atoms with E-state index < -0.39 is 5.97 Å². The first-order valence-electron chi connectivity index (χ1n) is 8.68. The number of anilines is 1. The third kappa shape index (κ3) is 4.31. The summed E-state index contributed by atoms with van der Waals surface area (Å²) < 4.78 is 20.2. The number of amides is 1. The molecule has 2 heterocycles. The number of hydrogen-bond acceptors (Lipinski definition) is 4. The molecule has 0 aliphatic rings. The molecule has 1 amide bonds. The van der Waals surface area contributed by atoms with E-state index in [2.05, 4.69) is 10.3 Å². The molecule has 0 unspecified atom stereocenters. The highest BCUT2D eigenvalue weighted by atomic mass is 19.1. The van der Waals surface area contributed by atoms with Crippen molar-refractivity contribution in [2.75, 3.05) is 11.9 Å². The number of rotatable bonds is 6. The molecule has 0 bridgehead atoms. The quantitative estimate of drug-likeness (QED) is 0.672. The van der Waals surface area contributed by atoms with Crippen LogP contribution in [0.15, 0.2) is 42.6 Å². The van der Waals surface area contributed by atoms with Gasteiger partial charge in [-0.3, -0.25) is 14.0 Å². The van der Waals surface area contributed by atoms with E-state index in [0.717, 1.165) is 5.56 Å². The summed E-state index contributed by atoms with van der Waals surface area (Å²) in [6.07, 6.45) is 1.77. The number of benzene rings is 1. The third-order valence-electron chi connectivity index (χ3n) is 4.00. The molecule has 6 nitrogen and oxygen atoms in total. The summed E-state index contributed by atoms with van der Waals surface area (Å²) in [6.45, 7) is 3.93. The lowest BCUT2D eigenvalue weighted by molar-refractivity contribution is -0.144. The molecule has 27 heavy (non-hydrogen) atoms. The SMILES string of the molecule is CCOC(=O)CCC(=O)Nc1c(-c2cccc(F)c2)nc2cc(C)ccn12. The Bertz CT molecular complexity index is 997. The molecule has 0 aliphatic carbocycles. The average molecular weight is 369 g/mol. The second kappa shape index (κ2) is 7.99. The molecule has 0 aliphatic heterocycles. The zero-order valence-corrected chi connectivity index (χ0v) is 15.2. The molecule has 3 aromatic rings.